The predicted molar refractivity (Wildman–Crippen MR) is 77.5 cm³/mol. The monoisotopic (exact) mass is 282 g/mol. The van der Waals surface area contributed by atoms with Crippen molar-refractivity contribution in [2.45, 2.75) is 13.1 Å². The normalized spacial score (nSPS) is 14.9. The summed E-state index contributed by atoms with van der Waals surface area (Å²) in [6.07, 6.45) is 0. The van der Waals surface area contributed by atoms with Crippen LogP contribution in [0.2, 0.25) is 0 Å². The lowest BCUT2D eigenvalue weighted by Gasteiger charge is -2.20. The van der Waals surface area contributed by atoms with Crippen LogP contribution in [0.5, 0.6) is 0 Å². The number of hydrogen-bond donors (Lipinski definition) is 0. The van der Waals surface area contributed by atoms with E-state index in [2.05, 4.69) is 0 Å². The van der Waals surface area contributed by atoms with Gasteiger partial charge >= 0.3 is 12.5 Å². The van der Waals surface area contributed by atoms with E-state index in [1.165, 1.54) is 10.1 Å². The molecule has 1 aliphatic rings. The minimum atomic E-state index is -0.176. The van der Waals surface area contributed by atoms with Crippen molar-refractivity contribution in [1.29, 1.82) is 0 Å². The van der Waals surface area contributed by atoms with E-state index >= 15 is 0 Å². The summed E-state index contributed by atoms with van der Waals surface area (Å²) in [5, 5.41) is 2.97. The Morgan fingerprint density at radius 2 is 1.38 bits per heavy atom. The van der Waals surface area contributed by atoms with Crippen molar-refractivity contribution in [2.75, 3.05) is 6.54 Å². The minimum absolute atomic E-state index is 0.125. The van der Waals surface area contributed by atoms with Gasteiger partial charge in [-0.3, -0.25) is 4.79 Å². The number of nitroso groups, excluding NO2 is 1. The van der Waals surface area contributed by atoms with Crippen LogP contribution in [0.4, 0.5) is 0 Å². The Kier molecular flexibility index (Phi) is 3.64. The fraction of sp³-hybridized carbons (Fsp3) is 0.188. The highest BCUT2D eigenvalue weighted by Gasteiger charge is 2.43. The molecule has 0 spiro atoms. The quantitative estimate of drug-likeness (QED) is 0.807. The summed E-state index contributed by atoms with van der Waals surface area (Å²) >= 11 is 0. The molecule has 1 heterocycles. The van der Waals surface area contributed by atoms with Crippen LogP contribution in [0, 0.1) is 4.91 Å². The highest BCUT2D eigenvalue weighted by molar-refractivity contribution is 5.77. The Labute approximate surface area is 122 Å². The van der Waals surface area contributed by atoms with Gasteiger partial charge in [0, 0.05) is 0 Å². The molecule has 0 aliphatic carbocycles. The van der Waals surface area contributed by atoms with Crippen molar-refractivity contribution in [3.63, 3.8) is 0 Å². The predicted octanol–water partition coefficient (Wildman–Crippen LogP) is 2.14. The van der Waals surface area contributed by atoms with Gasteiger partial charge in [0.05, 0.1) is 11.5 Å². The first-order valence-electron chi connectivity index (χ1n) is 6.84. The second-order valence-corrected chi connectivity index (χ2v) is 4.96. The van der Waals surface area contributed by atoms with Crippen molar-refractivity contribution in [1.82, 2.24) is 10.1 Å². The van der Waals surface area contributed by atoms with Crippen LogP contribution in [0.15, 0.2) is 60.7 Å². The number of hydrazine groups is 2. The third-order valence-electron chi connectivity index (χ3n) is 3.44. The van der Waals surface area contributed by atoms with Gasteiger partial charge in [0.15, 0.2) is 0 Å². The molecule has 3 rings (SSSR count). The van der Waals surface area contributed by atoms with Crippen LogP contribution in [0.3, 0.4) is 0 Å². The Morgan fingerprint density at radius 1 is 0.857 bits per heavy atom. The molecule has 1 fully saturated rings. The van der Waals surface area contributed by atoms with Gasteiger partial charge in [-0.2, -0.15) is 5.01 Å². The molecular formula is C16H16N3O2+. The summed E-state index contributed by atoms with van der Waals surface area (Å²) in [5.74, 6) is -0.176. The van der Waals surface area contributed by atoms with E-state index in [9.17, 15) is 9.70 Å². The number of rotatable bonds is 4. The van der Waals surface area contributed by atoms with Crippen LogP contribution in [0.1, 0.15) is 11.1 Å². The zero-order chi connectivity index (χ0) is 14.7. The summed E-state index contributed by atoms with van der Waals surface area (Å²) < 4.78 is 0. The first-order chi connectivity index (χ1) is 10.2. The first-order valence-corrected chi connectivity index (χ1v) is 6.84. The topological polar surface area (TPSA) is 43.6 Å². The van der Waals surface area contributed by atoms with Crippen LogP contribution in [0.25, 0.3) is 0 Å². The third kappa shape index (κ3) is 2.91. The fourth-order valence-electron chi connectivity index (χ4n) is 2.37. The maximum absolute atomic E-state index is 12.0. The first kappa shape index (κ1) is 13.3. The van der Waals surface area contributed by atoms with E-state index in [1.807, 2.05) is 60.7 Å². The lowest BCUT2D eigenvalue weighted by molar-refractivity contribution is -0.716. The van der Waals surface area contributed by atoms with Crippen LogP contribution in [-0.2, 0) is 17.9 Å². The molecule has 0 aromatic heterocycles. The summed E-state index contributed by atoms with van der Waals surface area (Å²) in [4.78, 5) is 24.7. The number of hydrogen-bond acceptors (Lipinski definition) is 2. The maximum Gasteiger partial charge on any atom is 0.319 e. The Bertz CT molecular complexity index is 586. The number of carbonyl (C=O) groups is 1. The van der Waals surface area contributed by atoms with Gasteiger partial charge in [-0.1, -0.05) is 60.7 Å². The van der Waals surface area contributed by atoms with Crippen LogP contribution in [-0.4, -0.2) is 27.4 Å². The second-order valence-electron chi connectivity index (χ2n) is 4.96. The van der Waals surface area contributed by atoms with Gasteiger partial charge in [-0.25, -0.2) is 0 Å². The molecular weight excluding hydrogens is 266 g/mol. The second kappa shape index (κ2) is 5.75. The number of nitrogens with zero attached hydrogens (tertiary/aromatic N) is 3. The Morgan fingerprint density at radius 3 is 1.95 bits per heavy atom. The minimum Gasteiger partial charge on any atom is -0.265 e. The lowest BCUT2D eigenvalue weighted by atomic mass is 10.2. The number of benzene rings is 2. The third-order valence-corrected chi connectivity index (χ3v) is 3.44. The van der Waals surface area contributed by atoms with Crippen molar-refractivity contribution in [2.24, 2.45) is 0 Å². The molecule has 2 aromatic rings. The van der Waals surface area contributed by atoms with Gasteiger partial charge in [0.1, 0.15) is 11.4 Å². The van der Waals surface area contributed by atoms with E-state index < -0.39 is 0 Å². The van der Waals surface area contributed by atoms with Crippen molar-refractivity contribution in [3.05, 3.63) is 76.7 Å². The van der Waals surface area contributed by atoms with Crippen molar-refractivity contribution < 1.29 is 9.66 Å². The van der Waals surface area contributed by atoms with Crippen LogP contribution < -0.4 is 0 Å². The SMILES string of the molecule is O=C1C[N+](=O)N(Cc2ccccc2)N1Cc1ccccc1. The molecule has 0 radical (unpaired) electrons. The molecule has 5 nitrogen and oxygen atoms in total. The molecule has 2 aromatic carbocycles. The average Bonchev–Trinajstić information content (AvgIpc) is 2.76. The van der Waals surface area contributed by atoms with Crippen molar-refractivity contribution in [3.8, 4) is 0 Å². The zero-order valence-corrected chi connectivity index (χ0v) is 11.6. The molecule has 21 heavy (non-hydrogen) atoms. The van der Waals surface area contributed by atoms with Crippen molar-refractivity contribution >= 4 is 5.91 Å². The fourth-order valence-corrected chi connectivity index (χ4v) is 2.37. The highest BCUT2D eigenvalue weighted by atomic mass is 16.4. The molecule has 1 amide bonds. The maximum atomic E-state index is 12.0. The molecule has 106 valence electrons. The Hall–Kier alpha value is -2.69. The highest BCUT2D eigenvalue weighted by Crippen LogP contribution is 2.17. The van der Waals surface area contributed by atoms with E-state index in [0.29, 0.717) is 13.1 Å². The molecule has 0 N–H and O–H groups in total. The van der Waals surface area contributed by atoms with Gasteiger partial charge in [-0.05, 0) is 16.2 Å². The van der Waals surface area contributed by atoms with Crippen LogP contribution >= 0.6 is 0 Å². The lowest BCUT2D eigenvalue weighted by Crippen LogP contribution is -2.40. The molecule has 0 bridgehead atoms. The van der Waals surface area contributed by atoms with E-state index in [0.717, 1.165) is 16.0 Å². The van der Waals surface area contributed by atoms with Gasteiger partial charge in [-0.15, -0.1) is 0 Å². The Balaban J connectivity index is 1.79. The molecule has 1 aliphatic heterocycles. The summed E-state index contributed by atoms with van der Waals surface area (Å²) in [6.45, 7) is 0.674. The largest absolute Gasteiger partial charge is 0.319 e. The molecule has 1 saturated heterocycles. The van der Waals surface area contributed by atoms with E-state index in [-0.39, 0.29) is 12.5 Å². The number of amides is 1. The average molecular weight is 282 g/mol. The van der Waals surface area contributed by atoms with E-state index in [4.69, 9.17) is 0 Å². The van der Waals surface area contributed by atoms with E-state index in [1.54, 1.807) is 0 Å². The smallest absolute Gasteiger partial charge is 0.265 e. The molecule has 5 heteroatoms. The van der Waals surface area contributed by atoms with Gasteiger partial charge in [0.25, 0.3) is 0 Å². The summed E-state index contributed by atoms with van der Waals surface area (Å²) in [6, 6.07) is 19.3. The number of carbonyl (C=O) groups excluding carboxylic acids is 1. The van der Waals surface area contributed by atoms with Gasteiger partial charge < -0.3 is 0 Å². The molecule has 0 unspecified atom stereocenters. The zero-order valence-electron chi connectivity index (χ0n) is 11.6. The standard InChI is InChI=1S/C16H16N3O2/c20-16-13-19(21)18(12-15-9-5-2-6-10-15)17(16)11-14-7-3-1-4-8-14/h1-10H,11-13H2/q+1. The van der Waals surface area contributed by atoms with Gasteiger partial charge in [0.2, 0.25) is 0 Å². The molecule has 0 saturated carbocycles. The summed E-state index contributed by atoms with van der Waals surface area (Å²) in [5.41, 5.74) is 1.99. The molecule has 0 atom stereocenters. The summed E-state index contributed by atoms with van der Waals surface area (Å²) in [7, 11) is 0.